The van der Waals surface area contributed by atoms with Crippen LogP contribution in [0.3, 0.4) is 0 Å². The highest BCUT2D eigenvalue weighted by Gasteiger charge is 2.19. The lowest BCUT2D eigenvalue weighted by Gasteiger charge is -2.27. The molecular formula is C13H24N4. The molecule has 0 aliphatic heterocycles. The number of hydrogen-bond acceptors (Lipinski definition) is 3. The van der Waals surface area contributed by atoms with Crippen LogP contribution < -0.4 is 10.2 Å². The standard InChI is InChI=1S/C13H24N4/c1-14-8-10-16(2)13-15-9-11-17(13)12-6-4-3-5-7-12/h9,11-12,14H,3-8,10H2,1-2H3. The van der Waals surface area contributed by atoms with Crippen molar-refractivity contribution in [3.63, 3.8) is 0 Å². The molecule has 1 heterocycles. The first-order chi connectivity index (χ1) is 8.33. The summed E-state index contributed by atoms with van der Waals surface area (Å²) in [7, 11) is 4.11. The highest BCUT2D eigenvalue weighted by molar-refractivity contribution is 5.30. The molecule has 0 unspecified atom stereocenters. The second-order valence-corrected chi connectivity index (χ2v) is 4.95. The van der Waals surface area contributed by atoms with Crippen LogP contribution >= 0.6 is 0 Å². The van der Waals surface area contributed by atoms with Gasteiger partial charge in [0.25, 0.3) is 0 Å². The predicted molar refractivity (Wildman–Crippen MR) is 71.5 cm³/mol. The number of imidazole rings is 1. The molecule has 4 nitrogen and oxygen atoms in total. The van der Waals surface area contributed by atoms with Crippen molar-refractivity contribution in [1.29, 1.82) is 0 Å². The molecule has 0 aromatic carbocycles. The van der Waals surface area contributed by atoms with E-state index in [-0.39, 0.29) is 0 Å². The molecule has 2 rings (SSSR count). The van der Waals surface area contributed by atoms with Crippen LogP contribution in [0.25, 0.3) is 0 Å². The van der Waals surface area contributed by atoms with Crippen molar-refractivity contribution >= 4 is 5.95 Å². The van der Waals surface area contributed by atoms with Crippen LogP contribution in [0.5, 0.6) is 0 Å². The maximum absolute atomic E-state index is 4.51. The lowest BCUT2D eigenvalue weighted by atomic mass is 9.95. The van der Waals surface area contributed by atoms with E-state index in [0.29, 0.717) is 6.04 Å². The Hall–Kier alpha value is -1.03. The van der Waals surface area contributed by atoms with Crippen molar-refractivity contribution in [2.75, 3.05) is 32.1 Å². The van der Waals surface area contributed by atoms with Crippen LogP contribution in [0.2, 0.25) is 0 Å². The van der Waals surface area contributed by atoms with Crippen molar-refractivity contribution in [2.24, 2.45) is 0 Å². The van der Waals surface area contributed by atoms with Gasteiger partial charge in [0.15, 0.2) is 0 Å². The van der Waals surface area contributed by atoms with E-state index in [4.69, 9.17) is 0 Å². The molecule has 0 atom stereocenters. The van der Waals surface area contributed by atoms with Crippen LogP contribution in [0.1, 0.15) is 38.1 Å². The van der Waals surface area contributed by atoms with Crippen molar-refractivity contribution < 1.29 is 0 Å². The van der Waals surface area contributed by atoms with E-state index < -0.39 is 0 Å². The molecule has 0 radical (unpaired) electrons. The molecule has 96 valence electrons. The van der Waals surface area contributed by atoms with E-state index >= 15 is 0 Å². The summed E-state index contributed by atoms with van der Waals surface area (Å²) in [6.45, 7) is 1.99. The molecular weight excluding hydrogens is 212 g/mol. The van der Waals surface area contributed by atoms with Gasteiger partial charge < -0.3 is 14.8 Å². The quantitative estimate of drug-likeness (QED) is 0.849. The van der Waals surface area contributed by atoms with Crippen molar-refractivity contribution in [2.45, 2.75) is 38.1 Å². The van der Waals surface area contributed by atoms with E-state index in [2.05, 4.69) is 33.0 Å². The third-order valence-corrected chi connectivity index (χ3v) is 3.65. The van der Waals surface area contributed by atoms with Gasteiger partial charge in [-0.2, -0.15) is 0 Å². The summed E-state index contributed by atoms with van der Waals surface area (Å²) in [4.78, 5) is 6.75. The maximum Gasteiger partial charge on any atom is 0.205 e. The van der Waals surface area contributed by atoms with E-state index in [0.717, 1.165) is 19.0 Å². The number of nitrogens with one attached hydrogen (secondary N) is 1. The van der Waals surface area contributed by atoms with Gasteiger partial charge in [0.2, 0.25) is 5.95 Å². The van der Waals surface area contributed by atoms with Gasteiger partial charge in [0.05, 0.1) is 0 Å². The molecule has 1 aliphatic carbocycles. The summed E-state index contributed by atoms with van der Waals surface area (Å²) in [6.07, 6.45) is 10.8. The highest BCUT2D eigenvalue weighted by atomic mass is 15.3. The van der Waals surface area contributed by atoms with E-state index in [1.54, 1.807) is 0 Å². The van der Waals surface area contributed by atoms with Crippen LogP contribution in [0.15, 0.2) is 12.4 Å². The minimum atomic E-state index is 0.665. The molecule has 1 aromatic heterocycles. The Morgan fingerprint density at radius 3 is 2.88 bits per heavy atom. The lowest BCUT2D eigenvalue weighted by molar-refractivity contribution is 0.353. The number of aromatic nitrogens is 2. The van der Waals surface area contributed by atoms with Crippen LogP contribution in [-0.4, -0.2) is 36.7 Å². The van der Waals surface area contributed by atoms with Crippen molar-refractivity contribution in [3.8, 4) is 0 Å². The largest absolute Gasteiger partial charge is 0.344 e. The van der Waals surface area contributed by atoms with E-state index in [9.17, 15) is 0 Å². The zero-order valence-electron chi connectivity index (χ0n) is 11.0. The van der Waals surface area contributed by atoms with E-state index in [1.807, 2.05) is 13.2 Å². The molecule has 17 heavy (non-hydrogen) atoms. The minimum absolute atomic E-state index is 0.665. The Balaban J connectivity index is 2.04. The van der Waals surface area contributed by atoms with Gasteiger partial charge in [-0.05, 0) is 19.9 Å². The van der Waals surface area contributed by atoms with Gasteiger partial charge in [-0.3, -0.25) is 0 Å². The Morgan fingerprint density at radius 1 is 1.41 bits per heavy atom. The van der Waals surface area contributed by atoms with Gasteiger partial charge in [0, 0.05) is 38.6 Å². The van der Waals surface area contributed by atoms with Crippen molar-refractivity contribution in [1.82, 2.24) is 14.9 Å². The molecule has 0 bridgehead atoms. The Labute approximate surface area is 104 Å². The number of hydrogen-bond donors (Lipinski definition) is 1. The van der Waals surface area contributed by atoms with E-state index in [1.165, 1.54) is 32.1 Å². The Kier molecular flexibility index (Phi) is 4.42. The first-order valence-corrected chi connectivity index (χ1v) is 6.71. The minimum Gasteiger partial charge on any atom is -0.344 e. The number of nitrogens with zero attached hydrogens (tertiary/aromatic N) is 3. The monoisotopic (exact) mass is 236 g/mol. The normalized spacial score (nSPS) is 17.3. The molecule has 1 saturated carbocycles. The van der Waals surface area contributed by atoms with Gasteiger partial charge in [-0.25, -0.2) is 4.98 Å². The summed E-state index contributed by atoms with van der Waals surface area (Å²) in [5.74, 6) is 1.12. The first kappa shape index (κ1) is 12.4. The topological polar surface area (TPSA) is 33.1 Å². The molecule has 0 amide bonds. The Morgan fingerprint density at radius 2 is 2.18 bits per heavy atom. The number of likely N-dealkylation sites (N-methyl/N-ethyl adjacent to an activating group) is 2. The zero-order valence-corrected chi connectivity index (χ0v) is 11.0. The molecule has 1 N–H and O–H groups in total. The molecule has 0 saturated heterocycles. The fourth-order valence-corrected chi connectivity index (χ4v) is 2.62. The highest BCUT2D eigenvalue weighted by Crippen LogP contribution is 2.30. The predicted octanol–water partition coefficient (Wildman–Crippen LogP) is 2.04. The van der Waals surface area contributed by atoms with Gasteiger partial charge >= 0.3 is 0 Å². The first-order valence-electron chi connectivity index (χ1n) is 6.71. The lowest BCUT2D eigenvalue weighted by Crippen LogP contribution is -2.30. The Bertz CT molecular complexity index is 328. The van der Waals surface area contributed by atoms with Crippen LogP contribution in [0, 0.1) is 0 Å². The third kappa shape index (κ3) is 3.00. The summed E-state index contributed by atoms with van der Waals surface area (Å²) >= 11 is 0. The molecule has 1 aliphatic rings. The average Bonchev–Trinajstić information content (AvgIpc) is 2.86. The summed E-state index contributed by atoms with van der Waals surface area (Å²) in [6, 6.07) is 0.665. The van der Waals surface area contributed by atoms with Gasteiger partial charge in [-0.1, -0.05) is 19.3 Å². The molecule has 1 aromatic rings. The van der Waals surface area contributed by atoms with Gasteiger partial charge in [0.1, 0.15) is 0 Å². The summed E-state index contributed by atoms with van der Waals surface area (Å²) in [5, 5.41) is 3.18. The SMILES string of the molecule is CNCCN(C)c1nccn1C1CCCCC1. The second-order valence-electron chi connectivity index (χ2n) is 4.95. The van der Waals surface area contributed by atoms with Crippen molar-refractivity contribution in [3.05, 3.63) is 12.4 Å². The summed E-state index contributed by atoms with van der Waals surface area (Å²) in [5.41, 5.74) is 0. The third-order valence-electron chi connectivity index (χ3n) is 3.65. The smallest absolute Gasteiger partial charge is 0.205 e. The fraction of sp³-hybridized carbons (Fsp3) is 0.769. The second kappa shape index (κ2) is 6.05. The summed E-state index contributed by atoms with van der Waals surface area (Å²) < 4.78 is 2.37. The molecule has 0 spiro atoms. The number of rotatable bonds is 5. The van der Waals surface area contributed by atoms with Gasteiger partial charge in [-0.15, -0.1) is 0 Å². The molecule has 4 heteroatoms. The van der Waals surface area contributed by atoms with Crippen LogP contribution in [-0.2, 0) is 0 Å². The maximum atomic E-state index is 4.51. The zero-order chi connectivity index (χ0) is 12.1. The van der Waals surface area contributed by atoms with Crippen LogP contribution in [0.4, 0.5) is 5.95 Å². The number of anilines is 1. The fourth-order valence-electron chi connectivity index (χ4n) is 2.62. The average molecular weight is 236 g/mol. The molecule has 1 fully saturated rings.